The van der Waals surface area contributed by atoms with Crippen molar-refractivity contribution in [1.82, 2.24) is 15.1 Å². The van der Waals surface area contributed by atoms with Crippen LogP contribution in [-0.2, 0) is 11.2 Å². The van der Waals surface area contributed by atoms with Crippen LogP contribution in [0.15, 0.2) is 55.3 Å². The molecule has 2 aromatic carbocycles. The smallest absolute Gasteiger partial charge is 0.358 e. The summed E-state index contributed by atoms with van der Waals surface area (Å²) in [4.78, 5) is 35.2. The summed E-state index contributed by atoms with van der Waals surface area (Å²) in [7, 11) is 0. The summed E-state index contributed by atoms with van der Waals surface area (Å²) in [5.74, 6) is -0.731. The molecule has 0 saturated heterocycles. The standard InChI is InChI=1S/C22H19N5O4/c1-3-20(28)25-19-11-16(6-4-13(19)2)26-22(27(30)31)18(12-24-26)14-5-7-17-15(10-14)8-9-23-21(17)29/h3-7,10-12H,1,8-9H2,2H3,(H,23,29)(H,25,28). The van der Waals surface area contributed by atoms with Gasteiger partial charge in [0.2, 0.25) is 5.91 Å². The van der Waals surface area contributed by atoms with Crippen molar-refractivity contribution in [2.24, 2.45) is 0 Å². The first-order chi connectivity index (χ1) is 14.9. The number of hydrogen-bond donors (Lipinski definition) is 2. The number of carbonyl (C=O) groups is 2. The Morgan fingerprint density at radius 3 is 2.84 bits per heavy atom. The van der Waals surface area contributed by atoms with E-state index < -0.39 is 4.92 Å². The summed E-state index contributed by atoms with van der Waals surface area (Å²) >= 11 is 0. The third kappa shape index (κ3) is 3.68. The lowest BCUT2D eigenvalue weighted by Crippen LogP contribution is -2.31. The van der Waals surface area contributed by atoms with Gasteiger partial charge in [-0.15, -0.1) is 0 Å². The van der Waals surface area contributed by atoms with Crippen LogP contribution in [0, 0.1) is 17.0 Å². The highest BCUT2D eigenvalue weighted by Gasteiger charge is 2.26. The van der Waals surface area contributed by atoms with Gasteiger partial charge in [-0.3, -0.25) is 9.59 Å². The van der Waals surface area contributed by atoms with Gasteiger partial charge in [-0.25, -0.2) is 0 Å². The maximum atomic E-state index is 12.0. The van der Waals surface area contributed by atoms with Gasteiger partial charge in [0, 0.05) is 23.9 Å². The molecule has 2 N–H and O–H groups in total. The van der Waals surface area contributed by atoms with Crippen molar-refractivity contribution in [2.45, 2.75) is 13.3 Å². The van der Waals surface area contributed by atoms with Crippen LogP contribution in [-0.4, -0.2) is 33.1 Å². The number of fused-ring (bicyclic) bond motifs is 1. The molecule has 4 rings (SSSR count). The summed E-state index contributed by atoms with van der Waals surface area (Å²) in [5.41, 5.74) is 4.10. The number of carbonyl (C=O) groups excluding carboxylic acids is 2. The topological polar surface area (TPSA) is 119 Å². The number of rotatable bonds is 5. The molecule has 3 aromatic rings. The fraction of sp³-hybridized carbons (Fsp3) is 0.136. The van der Waals surface area contributed by atoms with Crippen LogP contribution < -0.4 is 10.6 Å². The molecular formula is C22H19N5O4. The van der Waals surface area contributed by atoms with Gasteiger partial charge in [-0.2, -0.15) is 0 Å². The van der Waals surface area contributed by atoms with E-state index >= 15 is 0 Å². The van der Waals surface area contributed by atoms with Gasteiger partial charge in [0.05, 0.1) is 11.8 Å². The van der Waals surface area contributed by atoms with Gasteiger partial charge in [-0.1, -0.05) is 28.5 Å². The average Bonchev–Trinajstić information content (AvgIpc) is 3.20. The first-order valence-corrected chi connectivity index (χ1v) is 9.57. The van der Waals surface area contributed by atoms with E-state index in [-0.39, 0.29) is 17.6 Å². The van der Waals surface area contributed by atoms with Crippen LogP contribution >= 0.6 is 0 Å². The number of nitro groups is 1. The molecule has 0 atom stereocenters. The molecule has 0 fully saturated rings. The van der Waals surface area contributed by atoms with Crippen LogP contribution in [0.3, 0.4) is 0 Å². The van der Waals surface area contributed by atoms with E-state index in [1.807, 2.05) is 6.92 Å². The van der Waals surface area contributed by atoms with Crippen molar-refractivity contribution in [3.63, 3.8) is 0 Å². The third-order valence-corrected chi connectivity index (χ3v) is 5.17. The van der Waals surface area contributed by atoms with Crippen molar-refractivity contribution < 1.29 is 14.5 Å². The minimum Gasteiger partial charge on any atom is -0.358 e. The summed E-state index contributed by atoms with van der Waals surface area (Å²) in [6, 6.07) is 10.2. The van der Waals surface area contributed by atoms with Crippen molar-refractivity contribution in [2.75, 3.05) is 11.9 Å². The van der Waals surface area contributed by atoms with Crippen LogP contribution in [0.5, 0.6) is 0 Å². The second-order valence-electron chi connectivity index (χ2n) is 7.12. The van der Waals surface area contributed by atoms with E-state index in [1.165, 1.54) is 10.9 Å². The van der Waals surface area contributed by atoms with Gasteiger partial charge >= 0.3 is 5.82 Å². The van der Waals surface area contributed by atoms with E-state index in [2.05, 4.69) is 22.3 Å². The van der Waals surface area contributed by atoms with Crippen LogP contribution in [0.25, 0.3) is 16.8 Å². The van der Waals surface area contributed by atoms with Crippen molar-refractivity contribution in [3.8, 4) is 16.8 Å². The number of nitrogens with one attached hydrogen (secondary N) is 2. The predicted octanol–water partition coefficient (Wildman–Crippen LogP) is 3.17. The number of amides is 2. The average molecular weight is 417 g/mol. The lowest BCUT2D eigenvalue weighted by molar-refractivity contribution is -0.390. The number of anilines is 1. The van der Waals surface area contributed by atoms with Crippen LogP contribution in [0.4, 0.5) is 11.5 Å². The Balaban J connectivity index is 1.80. The van der Waals surface area contributed by atoms with Gasteiger partial charge in [0.25, 0.3) is 5.91 Å². The molecular weight excluding hydrogens is 398 g/mol. The number of benzene rings is 2. The number of nitrogens with zero attached hydrogens (tertiary/aromatic N) is 3. The zero-order chi connectivity index (χ0) is 22.1. The SMILES string of the molecule is C=CC(=O)Nc1cc(-n2ncc(-c3ccc4c(c3)CCNC4=O)c2[N+](=O)[O-])ccc1C. The molecule has 2 heterocycles. The summed E-state index contributed by atoms with van der Waals surface area (Å²) in [5, 5.41) is 21.7. The molecule has 31 heavy (non-hydrogen) atoms. The first-order valence-electron chi connectivity index (χ1n) is 9.57. The Labute approximate surface area is 177 Å². The number of hydrogen-bond acceptors (Lipinski definition) is 5. The summed E-state index contributed by atoms with van der Waals surface area (Å²) < 4.78 is 1.23. The van der Waals surface area contributed by atoms with Crippen LogP contribution in [0.1, 0.15) is 21.5 Å². The molecule has 9 heteroatoms. The molecule has 1 aliphatic heterocycles. The highest BCUT2D eigenvalue weighted by Crippen LogP contribution is 2.34. The predicted molar refractivity (Wildman–Crippen MR) is 115 cm³/mol. The third-order valence-electron chi connectivity index (χ3n) is 5.17. The second-order valence-corrected chi connectivity index (χ2v) is 7.12. The molecule has 0 aliphatic carbocycles. The Hall–Kier alpha value is -4.27. The highest BCUT2D eigenvalue weighted by atomic mass is 16.6. The molecule has 1 aromatic heterocycles. The molecule has 0 spiro atoms. The lowest BCUT2D eigenvalue weighted by Gasteiger charge is -2.16. The first kappa shape index (κ1) is 20.0. The van der Waals surface area contributed by atoms with Gasteiger partial charge in [0.1, 0.15) is 0 Å². The van der Waals surface area contributed by atoms with Gasteiger partial charge in [0.15, 0.2) is 5.69 Å². The largest absolute Gasteiger partial charge is 0.358 e. The summed E-state index contributed by atoms with van der Waals surface area (Å²) in [6.07, 6.45) is 3.24. The molecule has 0 radical (unpaired) electrons. The Morgan fingerprint density at radius 2 is 2.10 bits per heavy atom. The maximum Gasteiger partial charge on any atom is 0.358 e. The van der Waals surface area contributed by atoms with Crippen molar-refractivity contribution >= 4 is 23.3 Å². The Morgan fingerprint density at radius 1 is 1.29 bits per heavy atom. The Bertz CT molecular complexity index is 1240. The lowest BCUT2D eigenvalue weighted by atomic mass is 9.96. The molecule has 9 nitrogen and oxygen atoms in total. The minimum atomic E-state index is -0.490. The number of aryl methyl sites for hydroxylation is 1. The fourth-order valence-electron chi connectivity index (χ4n) is 3.57. The highest BCUT2D eigenvalue weighted by molar-refractivity contribution is 5.99. The van der Waals surface area contributed by atoms with E-state index in [4.69, 9.17) is 0 Å². The zero-order valence-corrected chi connectivity index (χ0v) is 16.7. The maximum absolute atomic E-state index is 12.0. The quantitative estimate of drug-likeness (QED) is 0.375. The Kier molecular flexibility index (Phi) is 5.08. The van der Waals surface area contributed by atoms with Crippen molar-refractivity contribution in [1.29, 1.82) is 0 Å². The molecule has 0 unspecified atom stereocenters. The van der Waals surface area contributed by atoms with E-state index in [1.54, 1.807) is 36.4 Å². The molecule has 2 amide bonds. The van der Waals surface area contributed by atoms with Crippen molar-refractivity contribution in [3.05, 3.63) is 82.1 Å². The van der Waals surface area contributed by atoms with Crippen LogP contribution in [0.2, 0.25) is 0 Å². The number of aromatic nitrogens is 2. The molecule has 1 aliphatic rings. The van der Waals surface area contributed by atoms with E-state index in [9.17, 15) is 19.7 Å². The van der Waals surface area contributed by atoms with E-state index in [0.29, 0.717) is 41.0 Å². The molecule has 0 bridgehead atoms. The normalized spacial score (nSPS) is 12.6. The van der Waals surface area contributed by atoms with Gasteiger partial charge < -0.3 is 20.7 Å². The van der Waals surface area contributed by atoms with Gasteiger partial charge in [-0.05, 0) is 59.2 Å². The zero-order valence-electron chi connectivity index (χ0n) is 16.7. The fourth-order valence-corrected chi connectivity index (χ4v) is 3.57. The molecule has 0 saturated carbocycles. The monoisotopic (exact) mass is 417 g/mol. The minimum absolute atomic E-state index is 0.147. The summed E-state index contributed by atoms with van der Waals surface area (Å²) in [6.45, 7) is 5.77. The molecule has 156 valence electrons. The second kappa shape index (κ2) is 7.86. The van der Waals surface area contributed by atoms with E-state index in [0.717, 1.165) is 17.2 Å².